The molecule has 2 atom stereocenters. The number of hydrogen-bond acceptors (Lipinski definition) is 4. The number of methoxy groups -OCH3 is 1. The largest absolute Gasteiger partial charge is 0.481 e. The fourth-order valence-electron chi connectivity index (χ4n) is 3.24. The second kappa shape index (κ2) is 7.66. The Morgan fingerprint density at radius 3 is 2.62 bits per heavy atom. The summed E-state index contributed by atoms with van der Waals surface area (Å²) in [6, 6.07) is 7.72. The molecule has 1 heterocycles. The molecule has 0 aromatic heterocycles. The molecule has 2 rings (SSSR count). The molecule has 1 aromatic carbocycles. The number of aliphatic carboxylic acids is 1. The second-order valence-corrected chi connectivity index (χ2v) is 8.07. The van der Waals surface area contributed by atoms with Gasteiger partial charge in [-0.1, -0.05) is 32.9 Å². The Bertz CT molecular complexity index is 666. The van der Waals surface area contributed by atoms with Gasteiger partial charge in [0.05, 0.1) is 6.61 Å². The van der Waals surface area contributed by atoms with Crippen LogP contribution in [0.2, 0.25) is 0 Å². The predicted octanol–water partition coefficient (Wildman–Crippen LogP) is 2.70. The topological polar surface area (TPSA) is 76.1 Å². The number of nitrogens with zero attached hydrogens (tertiary/aromatic N) is 1. The van der Waals surface area contributed by atoms with E-state index in [1.807, 2.05) is 24.3 Å². The van der Waals surface area contributed by atoms with Crippen LogP contribution in [0, 0.1) is 5.41 Å². The number of benzene rings is 1. The van der Waals surface area contributed by atoms with Gasteiger partial charge in [-0.3, -0.25) is 9.59 Å². The first-order valence-corrected chi connectivity index (χ1v) is 8.87. The van der Waals surface area contributed by atoms with E-state index in [2.05, 4.69) is 20.8 Å². The van der Waals surface area contributed by atoms with Crippen LogP contribution in [0.25, 0.3) is 0 Å². The maximum atomic E-state index is 12.7. The van der Waals surface area contributed by atoms with Crippen LogP contribution in [0.1, 0.15) is 39.7 Å². The van der Waals surface area contributed by atoms with Crippen molar-refractivity contribution < 1.29 is 24.2 Å². The van der Waals surface area contributed by atoms with Crippen LogP contribution in [0.4, 0.5) is 0 Å². The van der Waals surface area contributed by atoms with Crippen LogP contribution in [0.15, 0.2) is 24.3 Å². The third kappa shape index (κ3) is 4.36. The summed E-state index contributed by atoms with van der Waals surface area (Å²) in [5.41, 5.74) is 0.0832. The van der Waals surface area contributed by atoms with E-state index in [9.17, 15) is 14.7 Å². The van der Waals surface area contributed by atoms with E-state index >= 15 is 0 Å². The molecule has 26 heavy (non-hydrogen) atoms. The van der Waals surface area contributed by atoms with E-state index in [1.165, 1.54) is 7.11 Å². The molecule has 0 spiro atoms. The van der Waals surface area contributed by atoms with Gasteiger partial charge >= 0.3 is 5.97 Å². The van der Waals surface area contributed by atoms with E-state index < -0.39 is 17.5 Å². The Morgan fingerprint density at radius 1 is 1.35 bits per heavy atom. The van der Waals surface area contributed by atoms with E-state index in [4.69, 9.17) is 9.47 Å². The number of hydrogen-bond donors (Lipinski definition) is 1. The lowest BCUT2D eigenvalue weighted by Crippen LogP contribution is -2.43. The molecule has 1 saturated heterocycles. The van der Waals surface area contributed by atoms with Gasteiger partial charge in [0.1, 0.15) is 11.2 Å². The molecule has 6 heteroatoms. The second-order valence-electron chi connectivity index (χ2n) is 8.07. The van der Waals surface area contributed by atoms with Crippen molar-refractivity contribution >= 4 is 11.9 Å². The minimum Gasteiger partial charge on any atom is -0.481 e. The van der Waals surface area contributed by atoms with Crippen LogP contribution < -0.4 is 4.74 Å². The molecule has 2 unspecified atom stereocenters. The highest BCUT2D eigenvalue weighted by molar-refractivity contribution is 5.83. The highest BCUT2D eigenvalue weighted by atomic mass is 16.5. The summed E-state index contributed by atoms with van der Waals surface area (Å²) >= 11 is 0. The summed E-state index contributed by atoms with van der Waals surface area (Å²) in [5, 5.41) is 9.53. The van der Waals surface area contributed by atoms with Crippen molar-refractivity contribution in [2.45, 2.75) is 45.6 Å². The zero-order valence-electron chi connectivity index (χ0n) is 16.2. The third-order valence-corrected chi connectivity index (χ3v) is 4.90. The predicted molar refractivity (Wildman–Crippen MR) is 98.4 cm³/mol. The molecule has 0 radical (unpaired) electrons. The Labute approximate surface area is 155 Å². The minimum atomic E-state index is -1.03. The maximum absolute atomic E-state index is 12.7. The number of rotatable bonds is 6. The zero-order valence-corrected chi connectivity index (χ0v) is 16.2. The molecule has 0 saturated carbocycles. The van der Waals surface area contributed by atoms with Gasteiger partial charge in [0.15, 0.2) is 6.10 Å². The van der Waals surface area contributed by atoms with Crippen molar-refractivity contribution in [3.63, 3.8) is 0 Å². The first-order valence-electron chi connectivity index (χ1n) is 8.87. The average molecular weight is 363 g/mol. The summed E-state index contributed by atoms with van der Waals surface area (Å²) in [5.74, 6) is -0.495. The van der Waals surface area contributed by atoms with Crippen molar-refractivity contribution in [3.05, 3.63) is 29.8 Å². The molecule has 1 N–H and O–H groups in total. The van der Waals surface area contributed by atoms with E-state index in [0.29, 0.717) is 18.7 Å². The lowest BCUT2D eigenvalue weighted by atomic mass is 9.87. The van der Waals surface area contributed by atoms with Gasteiger partial charge < -0.3 is 19.5 Å². The van der Waals surface area contributed by atoms with Crippen LogP contribution in [-0.2, 0) is 19.7 Å². The van der Waals surface area contributed by atoms with Crippen molar-refractivity contribution in [1.82, 2.24) is 4.90 Å². The molecule has 1 aliphatic heterocycles. The molecular formula is C20H29NO5. The van der Waals surface area contributed by atoms with Gasteiger partial charge in [-0.2, -0.15) is 0 Å². The number of amides is 1. The van der Waals surface area contributed by atoms with Gasteiger partial charge in [0.2, 0.25) is 0 Å². The van der Waals surface area contributed by atoms with Gasteiger partial charge in [-0.25, -0.2) is 0 Å². The first kappa shape index (κ1) is 20.2. The SMILES string of the molecule is COCC1(C(=O)O)CCN(C(=O)C(C)Oc2cccc(C(C)(C)C)c2)C1. The Morgan fingerprint density at radius 2 is 2.04 bits per heavy atom. The molecule has 1 amide bonds. The van der Waals surface area contributed by atoms with Crippen molar-refractivity contribution in [2.75, 3.05) is 26.8 Å². The lowest BCUT2D eigenvalue weighted by Gasteiger charge is -2.26. The molecule has 0 bridgehead atoms. The number of ether oxygens (including phenoxy) is 2. The minimum absolute atomic E-state index is 0.0111. The standard InChI is InChI=1S/C20H29NO5/c1-14(26-16-8-6-7-15(11-16)19(2,3)4)17(22)21-10-9-20(12-21,13-25-5)18(23)24/h6-8,11,14H,9-10,12-13H2,1-5H3,(H,23,24). The van der Waals surface area contributed by atoms with Crippen LogP contribution in [0.5, 0.6) is 5.75 Å². The quantitative estimate of drug-likeness (QED) is 0.841. The molecule has 1 aromatic rings. The van der Waals surface area contributed by atoms with Crippen LogP contribution in [0.3, 0.4) is 0 Å². The smallest absolute Gasteiger partial charge is 0.313 e. The highest BCUT2D eigenvalue weighted by Crippen LogP contribution is 2.32. The highest BCUT2D eigenvalue weighted by Gasteiger charge is 2.47. The number of carbonyl (C=O) groups is 2. The Kier molecular flexibility index (Phi) is 5.96. The molecule has 1 aliphatic rings. The van der Waals surface area contributed by atoms with E-state index in [1.54, 1.807) is 11.8 Å². The number of carboxylic acid groups (broad SMARTS) is 1. The monoisotopic (exact) mass is 363 g/mol. The summed E-state index contributed by atoms with van der Waals surface area (Å²) in [6.07, 6.45) is -0.300. The zero-order chi connectivity index (χ0) is 19.5. The van der Waals surface area contributed by atoms with Gasteiger partial charge in [-0.05, 0) is 36.5 Å². The Balaban J connectivity index is 2.06. The molecule has 0 aliphatic carbocycles. The first-order chi connectivity index (χ1) is 12.1. The van der Waals surface area contributed by atoms with Crippen LogP contribution >= 0.6 is 0 Å². The van der Waals surface area contributed by atoms with Crippen molar-refractivity contribution in [2.24, 2.45) is 5.41 Å². The lowest BCUT2D eigenvalue weighted by molar-refractivity contribution is -0.152. The Hall–Kier alpha value is -2.08. The van der Waals surface area contributed by atoms with E-state index in [0.717, 1.165) is 5.56 Å². The summed E-state index contributed by atoms with van der Waals surface area (Å²) in [6.45, 7) is 8.68. The fourth-order valence-corrected chi connectivity index (χ4v) is 3.24. The molecule has 144 valence electrons. The maximum Gasteiger partial charge on any atom is 0.313 e. The molecule has 6 nitrogen and oxygen atoms in total. The fraction of sp³-hybridized carbons (Fsp3) is 0.600. The summed E-state index contributed by atoms with van der Waals surface area (Å²) < 4.78 is 10.9. The molecule has 1 fully saturated rings. The average Bonchev–Trinajstić information content (AvgIpc) is 2.99. The van der Waals surface area contributed by atoms with E-state index in [-0.39, 0.29) is 24.5 Å². The molecular weight excluding hydrogens is 334 g/mol. The number of carbonyl (C=O) groups excluding carboxylic acids is 1. The third-order valence-electron chi connectivity index (χ3n) is 4.90. The normalized spacial score (nSPS) is 21.5. The van der Waals surface area contributed by atoms with Gasteiger partial charge in [0, 0.05) is 20.2 Å². The number of carboxylic acids is 1. The summed E-state index contributed by atoms with van der Waals surface area (Å²) in [4.78, 5) is 25.9. The van der Waals surface area contributed by atoms with Crippen LogP contribution in [-0.4, -0.2) is 54.8 Å². The summed E-state index contributed by atoms with van der Waals surface area (Å²) in [7, 11) is 1.48. The van der Waals surface area contributed by atoms with Crippen molar-refractivity contribution in [1.29, 1.82) is 0 Å². The number of likely N-dealkylation sites (tertiary alicyclic amines) is 1. The van der Waals surface area contributed by atoms with Crippen molar-refractivity contribution in [3.8, 4) is 5.75 Å². The van der Waals surface area contributed by atoms with Gasteiger partial charge in [-0.15, -0.1) is 0 Å². The van der Waals surface area contributed by atoms with Gasteiger partial charge in [0.25, 0.3) is 5.91 Å².